The maximum Gasteiger partial charge on any atom is 0.241 e. The highest BCUT2D eigenvalue weighted by Crippen LogP contribution is 2.33. The van der Waals surface area contributed by atoms with Crippen LogP contribution >= 0.6 is 11.8 Å². The third-order valence-electron chi connectivity index (χ3n) is 3.46. The maximum atomic E-state index is 14.3. The molecule has 3 N–H and O–H groups in total. The second-order valence-electron chi connectivity index (χ2n) is 5.28. The molecule has 2 rings (SSSR count). The van der Waals surface area contributed by atoms with Crippen molar-refractivity contribution in [1.29, 1.82) is 0 Å². The Morgan fingerprint density at radius 2 is 1.96 bits per heavy atom. The molecule has 0 saturated carbocycles. The number of benzene rings is 2. The van der Waals surface area contributed by atoms with Gasteiger partial charge in [-0.2, -0.15) is 11.8 Å². The summed E-state index contributed by atoms with van der Waals surface area (Å²) in [7, 11) is 1.51. The Morgan fingerprint density at radius 1 is 1.24 bits per heavy atom. The molecule has 5 nitrogen and oxygen atoms in total. The minimum Gasteiger partial charge on any atom is -0.493 e. The molecule has 0 radical (unpaired) electrons. The van der Waals surface area contributed by atoms with Crippen LogP contribution in [0.25, 0.3) is 0 Å². The van der Waals surface area contributed by atoms with E-state index in [4.69, 9.17) is 15.2 Å². The lowest BCUT2D eigenvalue weighted by atomic mass is 10.2. The topological polar surface area (TPSA) is 73.6 Å². The van der Waals surface area contributed by atoms with Gasteiger partial charge in [-0.1, -0.05) is 12.1 Å². The number of thioether (sulfide) groups is 1. The highest BCUT2D eigenvalue weighted by molar-refractivity contribution is 7.98. The van der Waals surface area contributed by atoms with Crippen LogP contribution in [0, 0.1) is 5.82 Å². The molecule has 1 amide bonds. The third kappa shape index (κ3) is 5.37. The number of rotatable bonds is 8. The fourth-order valence-electron chi connectivity index (χ4n) is 2.09. The molecule has 1 atom stereocenters. The van der Waals surface area contributed by atoms with Crippen LogP contribution in [-0.2, 0) is 4.79 Å². The van der Waals surface area contributed by atoms with Crippen LogP contribution in [0.1, 0.15) is 6.42 Å². The zero-order valence-electron chi connectivity index (χ0n) is 14.1. The van der Waals surface area contributed by atoms with Crippen LogP contribution in [0.4, 0.5) is 10.1 Å². The van der Waals surface area contributed by atoms with Gasteiger partial charge < -0.3 is 20.5 Å². The molecule has 0 aliphatic carbocycles. The summed E-state index contributed by atoms with van der Waals surface area (Å²) in [5, 5.41) is 2.61. The van der Waals surface area contributed by atoms with Crippen molar-refractivity contribution in [2.45, 2.75) is 12.5 Å². The van der Waals surface area contributed by atoms with Gasteiger partial charge in [-0.25, -0.2) is 4.39 Å². The molecular weight excluding hydrogens is 343 g/mol. The van der Waals surface area contributed by atoms with Gasteiger partial charge in [-0.3, -0.25) is 4.79 Å². The number of nitrogens with two attached hydrogens (primary N) is 1. The van der Waals surface area contributed by atoms with E-state index in [-0.39, 0.29) is 11.7 Å². The predicted molar refractivity (Wildman–Crippen MR) is 99.1 cm³/mol. The van der Waals surface area contributed by atoms with Crippen LogP contribution in [0.5, 0.6) is 17.2 Å². The molecule has 134 valence electrons. The van der Waals surface area contributed by atoms with E-state index < -0.39 is 11.9 Å². The first-order valence-electron chi connectivity index (χ1n) is 7.71. The smallest absolute Gasteiger partial charge is 0.241 e. The summed E-state index contributed by atoms with van der Waals surface area (Å²) in [6, 6.07) is 10.5. The summed E-state index contributed by atoms with van der Waals surface area (Å²) in [6.45, 7) is 0. The number of carbonyl (C=O) groups is 1. The molecule has 7 heteroatoms. The van der Waals surface area contributed by atoms with Crippen molar-refractivity contribution in [2.24, 2.45) is 5.73 Å². The number of ether oxygens (including phenoxy) is 2. The summed E-state index contributed by atoms with van der Waals surface area (Å²) in [5.41, 5.74) is 6.12. The van der Waals surface area contributed by atoms with E-state index in [1.165, 1.54) is 19.2 Å². The van der Waals surface area contributed by atoms with Crippen molar-refractivity contribution >= 4 is 23.4 Å². The Bertz CT molecular complexity index is 727. The molecule has 0 aliphatic rings. The van der Waals surface area contributed by atoms with Crippen molar-refractivity contribution < 1.29 is 18.7 Å². The number of methoxy groups -OCH3 is 1. The van der Waals surface area contributed by atoms with Gasteiger partial charge in [0.15, 0.2) is 23.1 Å². The zero-order valence-corrected chi connectivity index (χ0v) is 14.9. The largest absolute Gasteiger partial charge is 0.493 e. The molecule has 0 unspecified atom stereocenters. The summed E-state index contributed by atoms with van der Waals surface area (Å²) in [5.74, 6) is 0.787. The molecule has 0 saturated heterocycles. The van der Waals surface area contributed by atoms with Crippen LogP contribution in [0.15, 0.2) is 42.5 Å². The number of amides is 1. The van der Waals surface area contributed by atoms with Gasteiger partial charge in [-0.05, 0) is 42.7 Å². The minimum absolute atomic E-state index is 0.0363. The van der Waals surface area contributed by atoms with Gasteiger partial charge in [-0.15, -0.1) is 0 Å². The lowest BCUT2D eigenvalue weighted by Gasteiger charge is -2.13. The number of anilines is 1. The molecular formula is C18H21FN2O3S. The second-order valence-corrected chi connectivity index (χ2v) is 6.26. The first kappa shape index (κ1) is 19.1. The van der Waals surface area contributed by atoms with Crippen molar-refractivity contribution in [3.8, 4) is 17.2 Å². The van der Waals surface area contributed by atoms with Crippen LogP contribution < -0.4 is 20.5 Å². The van der Waals surface area contributed by atoms with Crippen molar-refractivity contribution in [2.75, 3.05) is 24.4 Å². The van der Waals surface area contributed by atoms with Gasteiger partial charge in [0.25, 0.3) is 0 Å². The van der Waals surface area contributed by atoms with Crippen LogP contribution in [0.3, 0.4) is 0 Å². The molecule has 2 aromatic rings. The summed E-state index contributed by atoms with van der Waals surface area (Å²) in [4.78, 5) is 12.0. The van der Waals surface area contributed by atoms with Gasteiger partial charge >= 0.3 is 0 Å². The Morgan fingerprint density at radius 3 is 2.60 bits per heavy atom. The molecule has 0 bridgehead atoms. The number of hydrogen-bond acceptors (Lipinski definition) is 5. The second kappa shape index (κ2) is 9.29. The van der Waals surface area contributed by atoms with Crippen molar-refractivity contribution in [3.63, 3.8) is 0 Å². The fraction of sp³-hybridized carbons (Fsp3) is 0.278. The predicted octanol–water partition coefficient (Wildman–Crippen LogP) is 3.65. The first-order valence-corrected chi connectivity index (χ1v) is 9.10. The average Bonchev–Trinajstić information content (AvgIpc) is 2.62. The SMILES string of the molecule is COc1ccccc1Oc1ccc(NC(=O)[C@@H](N)CCSC)cc1F. The normalized spacial score (nSPS) is 11.7. The van der Waals surface area contributed by atoms with E-state index in [0.29, 0.717) is 23.6 Å². The van der Waals surface area contributed by atoms with E-state index in [2.05, 4.69) is 5.32 Å². The number of carbonyl (C=O) groups excluding carboxylic acids is 1. The number of halogens is 1. The third-order valence-corrected chi connectivity index (χ3v) is 4.10. The zero-order chi connectivity index (χ0) is 18.2. The monoisotopic (exact) mass is 364 g/mol. The standard InChI is InChI=1S/C18H21FN2O3S/c1-23-16-5-3-4-6-17(16)24-15-8-7-12(11-13(15)19)21-18(22)14(20)9-10-25-2/h3-8,11,14H,9-10,20H2,1-2H3,(H,21,22)/t14-/m0/s1. The Balaban J connectivity index is 2.06. The lowest BCUT2D eigenvalue weighted by molar-refractivity contribution is -0.117. The van der Waals surface area contributed by atoms with Crippen LogP contribution in [0.2, 0.25) is 0 Å². The molecule has 2 aromatic carbocycles. The summed E-state index contributed by atoms with van der Waals surface area (Å²) in [6.07, 6.45) is 2.50. The quantitative estimate of drug-likeness (QED) is 0.748. The Labute approximate surface area is 150 Å². The fourth-order valence-corrected chi connectivity index (χ4v) is 2.58. The number of hydrogen-bond donors (Lipinski definition) is 2. The Hall–Kier alpha value is -2.25. The lowest BCUT2D eigenvalue weighted by Crippen LogP contribution is -2.36. The molecule has 0 fully saturated rings. The highest BCUT2D eigenvalue weighted by atomic mass is 32.2. The van der Waals surface area contributed by atoms with Gasteiger partial charge in [0.1, 0.15) is 0 Å². The summed E-state index contributed by atoms with van der Waals surface area (Å²) >= 11 is 1.62. The van der Waals surface area contributed by atoms with Gasteiger partial charge in [0, 0.05) is 11.8 Å². The van der Waals surface area contributed by atoms with E-state index >= 15 is 0 Å². The molecule has 0 aliphatic heterocycles. The van der Waals surface area contributed by atoms with E-state index in [0.717, 1.165) is 5.75 Å². The van der Waals surface area contributed by atoms with Crippen molar-refractivity contribution in [3.05, 3.63) is 48.3 Å². The number of nitrogens with one attached hydrogen (secondary N) is 1. The van der Waals surface area contributed by atoms with Crippen molar-refractivity contribution in [1.82, 2.24) is 0 Å². The average molecular weight is 364 g/mol. The highest BCUT2D eigenvalue weighted by Gasteiger charge is 2.15. The van der Waals surface area contributed by atoms with E-state index in [1.807, 2.05) is 6.26 Å². The molecule has 0 aromatic heterocycles. The van der Waals surface area contributed by atoms with Gasteiger partial charge in [0.05, 0.1) is 13.2 Å². The minimum atomic E-state index is -0.625. The molecule has 0 spiro atoms. The number of para-hydroxylation sites is 2. The Kier molecular flexibility index (Phi) is 7.09. The molecule has 0 heterocycles. The summed E-state index contributed by atoms with van der Waals surface area (Å²) < 4.78 is 25.0. The van der Waals surface area contributed by atoms with Crippen LogP contribution in [-0.4, -0.2) is 31.1 Å². The molecule has 25 heavy (non-hydrogen) atoms. The van der Waals surface area contributed by atoms with E-state index in [9.17, 15) is 9.18 Å². The van der Waals surface area contributed by atoms with Gasteiger partial charge in [0.2, 0.25) is 5.91 Å². The first-order chi connectivity index (χ1) is 12.0. The maximum absolute atomic E-state index is 14.3. The van der Waals surface area contributed by atoms with E-state index in [1.54, 1.807) is 42.1 Å².